The van der Waals surface area contributed by atoms with E-state index in [0.717, 1.165) is 34.7 Å². The zero-order chi connectivity index (χ0) is 19.2. The molecule has 0 saturated carbocycles. The Morgan fingerprint density at radius 2 is 1.93 bits per heavy atom. The van der Waals surface area contributed by atoms with Crippen molar-refractivity contribution in [3.63, 3.8) is 0 Å². The lowest BCUT2D eigenvalue weighted by Crippen LogP contribution is -2.36. The molecule has 0 aromatic heterocycles. The van der Waals surface area contributed by atoms with E-state index in [2.05, 4.69) is 0 Å². The summed E-state index contributed by atoms with van der Waals surface area (Å²) in [7, 11) is -3.32. The number of amides is 1. The van der Waals surface area contributed by atoms with Crippen LogP contribution >= 0.6 is 23.4 Å². The second-order valence-electron chi connectivity index (χ2n) is 6.70. The van der Waals surface area contributed by atoms with Crippen molar-refractivity contribution in [2.45, 2.75) is 17.7 Å². The van der Waals surface area contributed by atoms with Gasteiger partial charge in [0.1, 0.15) is 0 Å². The van der Waals surface area contributed by atoms with Gasteiger partial charge in [-0.2, -0.15) is 0 Å². The Labute approximate surface area is 168 Å². The van der Waals surface area contributed by atoms with Crippen LogP contribution in [0.4, 0.5) is 11.4 Å². The molecule has 0 aliphatic carbocycles. The van der Waals surface area contributed by atoms with Crippen molar-refractivity contribution >= 4 is 50.7 Å². The highest BCUT2D eigenvalue weighted by Gasteiger charge is 2.28. The number of carbonyl (C=O) groups is 1. The number of anilines is 2. The number of thioether (sulfide) groups is 1. The number of hydrogen-bond acceptors (Lipinski definition) is 4. The van der Waals surface area contributed by atoms with Crippen molar-refractivity contribution in [1.29, 1.82) is 0 Å². The van der Waals surface area contributed by atoms with Crippen LogP contribution < -0.4 is 9.21 Å². The number of nitrogens with zero attached hydrogens (tertiary/aromatic N) is 2. The summed E-state index contributed by atoms with van der Waals surface area (Å²) >= 11 is 7.85. The van der Waals surface area contributed by atoms with Crippen molar-refractivity contribution in [3.8, 4) is 0 Å². The molecule has 8 heteroatoms. The Morgan fingerprint density at radius 1 is 1.11 bits per heavy atom. The van der Waals surface area contributed by atoms with Gasteiger partial charge in [-0.15, -0.1) is 11.8 Å². The number of benzene rings is 2. The predicted molar refractivity (Wildman–Crippen MR) is 111 cm³/mol. The minimum atomic E-state index is -3.32. The molecule has 0 radical (unpaired) electrons. The molecule has 0 atom stereocenters. The highest BCUT2D eigenvalue weighted by atomic mass is 35.5. The SMILES string of the molecule is CS(=O)(=O)N1CCCc2cc(C(=O)N3CCSc4ccc(Cl)cc43)ccc21. The van der Waals surface area contributed by atoms with Crippen molar-refractivity contribution in [2.24, 2.45) is 0 Å². The van der Waals surface area contributed by atoms with Gasteiger partial charge < -0.3 is 4.90 Å². The van der Waals surface area contributed by atoms with Gasteiger partial charge in [-0.25, -0.2) is 8.42 Å². The Hall–Kier alpha value is -1.70. The third-order valence-electron chi connectivity index (χ3n) is 4.83. The number of hydrogen-bond donors (Lipinski definition) is 0. The summed E-state index contributed by atoms with van der Waals surface area (Å²) in [5.41, 5.74) is 2.98. The number of halogens is 1. The molecule has 142 valence electrons. The first kappa shape index (κ1) is 18.7. The number of fused-ring (bicyclic) bond motifs is 2. The first-order valence-corrected chi connectivity index (χ1v) is 11.9. The molecule has 0 bridgehead atoms. The lowest BCUT2D eigenvalue weighted by atomic mass is 10.00. The molecule has 2 aliphatic heterocycles. The standard InChI is InChI=1S/C19H19ClN2O3S2/c1-27(24,25)22-8-2-3-13-11-14(4-6-16(13)22)19(23)21-9-10-26-18-7-5-15(20)12-17(18)21/h4-7,11-12H,2-3,8-10H2,1H3. The van der Waals surface area contributed by atoms with E-state index < -0.39 is 10.0 Å². The van der Waals surface area contributed by atoms with E-state index in [9.17, 15) is 13.2 Å². The molecule has 0 spiro atoms. The summed E-state index contributed by atoms with van der Waals surface area (Å²) in [6, 6.07) is 10.9. The van der Waals surface area contributed by atoms with Crippen molar-refractivity contribution in [2.75, 3.05) is 34.3 Å². The average molecular weight is 423 g/mol. The first-order valence-electron chi connectivity index (χ1n) is 8.69. The van der Waals surface area contributed by atoms with E-state index in [1.54, 1.807) is 28.8 Å². The summed E-state index contributed by atoms with van der Waals surface area (Å²) in [5.74, 6) is 0.741. The number of rotatable bonds is 2. The molecule has 0 fully saturated rings. The zero-order valence-corrected chi connectivity index (χ0v) is 17.2. The highest BCUT2D eigenvalue weighted by Crippen LogP contribution is 2.38. The fourth-order valence-electron chi connectivity index (χ4n) is 3.60. The van der Waals surface area contributed by atoms with Gasteiger partial charge in [-0.05, 0) is 54.8 Å². The van der Waals surface area contributed by atoms with Crippen molar-refractivity contribution < 1.29 is 13.2 Å². The summed E-state index contributed by atoms with van der Waals surface area (Å²) in [6.45, 7) is 1.09. The van der Waals surface area contributed by atoms with Crippen LogP contribution in [0.25, 0.3) is 0 Å². The molecule has 2 aliphatic rings. The lowest BCUT2D eigenvalue weighted by Gasteiger charge is -2.31. The normalized spacial score (nSPS) is 16.7. The van der Waals surface area contributed by atoms with Crippen LogP contribution in [-0.4, -0.2) is 39.4 Å². The molecule has 4 rings (SSSR count). The van der Waals surface area contributed by atoms with Crippen molar-refractivity contribution in [3.05, 3.63) is 52.5 Å². The number of aryl methyl sites for hydroxylation is 1. The molecule has 0 N–H and O–H groups in total. The van der Waals surface area contributed by atoms with Crippen LogP contribution in [0, 0.1) is 0 Å². The smallest absolute Gasteiger partial charge is 0.258 e. The van der Waals surface area contributed by atoms with Gasteiger partial charge >= 0.3 is 0 Å². The summed E-state index contributed by atoms with van der Waals surface area (Å²) in [6.07, 6.45) is 2.73. The van der Waals surface area contributed by atoms with Gasteiger partial charge in [0.25, 0.3) is 5.91 Å². The minimum absolute atomic E-state index is 0.0851. The van der Waals surface area contributed by atoms with E-state index in [1.807, 2.05) is 24.3 Å². The van der Waals surface area contributed by atoms with Crippen LogP contribution in [0.2, 0.25) is 5.02 Å². The van der Waals surface area contributed by atoms with Gasteiger partial charge in [-0.3, -0.25) is 9.10 Å². The maximum atomic E-state index is 13.2. The average Bonchev–Trinajstić information content (AvgIpc) is 2.65. The number of carbonyl (C=O) groups excluding carboxylic acids is 1. The van der Waals surface area contributed by atoms with Crippen LogP contribution in [0.5, 0.6) is 0 Å². The molecule has 2 heterocycles. The minimum Gasteiger partial charge on any atom is -0.306 e. The highest BCUT2D eigenvalue weighted by molar-refractivity contribution is 7.99. The maximum Gasteiger partial charge on any atom is 0.258 e. The Bertz CT molecular complexity index is 1020. The molecule has 2 aromatic rings. The van der Waals surface area contributed by atoms with Crippen molar-refractivity contribution in [1.82, 2.24) is 0 Å². The molecule has 2 aromatic carbocycles. The zero-order valence-electron chi connectivity index (χ0n) is 14.8. The van der Waals surface area contributed by atoms with Crippen LogP contribution in [0.1, 0.15) is 22.3 Å². The van der Waals surface area contributed by atoms with Gasteiger partial charge in [0.15, 0.2) is 0 Å². The fraction of sp³-hybridized carbons (Fsp3) is 0.316. The Kier molecular flexibility index (Phi) is 4.86. The quantitative estimate of drug-likeness (QED) is 0.738. The van der Waals surface area contributed by atoms with E-state index >= 15 is 0 Å². The molecule has 27 heavy (non-hydrogen) atoms. The predicted octanol–water partition coefficient (Wildman–Crippen LogP) is 3.80. The second-order valence-corrected chi connectivity index (χ2v) is 10.2. The third kappa shape index (κ3) is 3.56. The van der Waals surface area contributed by atoms with Gasteiger partial charge in [-0.1, -0.05) is 11.6 Å². The summed E-state index contributed by atoms with van der Waals surface area (Å²) < 4.78 is 25.5. The number of sulfonamides is 1. The Balaban J connectivity index is 1.70. The Morgan fingerprint density at radius 3 is 2.70 bits per heavy atom. The van der Waals surface area contributed by atoms with E-state index in [4.69, 9.17) is 11.6 Å². The van der Waals surface area contributed by atoms with Crippen LogP contribution in [0.3, 0.4) is 0 Å². The first-order chi connectivity index (χ1) is 12.8. The largest absolute Gasteiger partial charge is 0.306 e. The monoisotopic (exact) mass is 422 g/mol. The van der Waals surface area contributed by atoms with E-state index in [1.165, 1.54) is 10.6 Å². The molecule has 0 unspecified atom stereocenters. The van der Waals surface area contributed by atoms with Crippen LogP contribution in [0.15, 0.2) is 41.3 Å². The molecular formula is C19H19ClN2O3S2. The fourth-order valence-corrected chi connectivity index (χ4v) is 5.74. The molecule has 1 amide bonds. The molecule has 0 saturated heterocycles. The lowest BCUT2D eigenvalue weighted by molar-refractivity contribution is 0.0987. The van der Waals surface area contributed by atoms with Gasteiger partial charge in [0, 0.05) is 34.3 Å². The summed E-state index contributed by atoms with van der Waals surface area (Å²) in [5, 5.41) is 0.600. The maximum absolute atomic E-state index is 13.2. The van der Waals surface area contributed by atoms with Gasteiger partial charge in [0.05, 0.1) is 17.6 Å². The second kappa shape index (κ2) is 7.04. The third-order valence-corrected chi connectivity index (χ3v) is 7.29. The topological polar surface area (TPSA) is 57.7 Å². The van der Waals surface area contributed by atoms with E-state index in [-0.39, 0.29) is 5.91 Å². The van der Waals surface area contributed by atoms with Gasteiger partial charge in [0.2, 0.25) is 10.0 Å². The molecule has 5 nitrogen and oxygen atoms in total. The molecular weight excluding hydrogens is 404 g/mol. The van der Waals surface area contributed by atoms with E-state index in [0.29, 0.717) is 29.4 Å². The van der Waals surface area contributed by atoms with Crippen LogP contribution in [-0.2, 0) is 16.4 Å². The summed E-state index contributed by atoms with van der Waals surface area (Å²) in [4.78, 5) is 16.0.